The van der Waals surface area contributed by atoms with Crippen molar-refractivity contribution in [3.05, 3.63) is 22.7 Å². The molecule has 88 valence electrons. The molecule has 1 rings (SSSR count). The average Bonchev–Trinajstić information content (AvgIpc) is 2.23. The van der Waals surface area contributed by atoms with Gasteiger partial charge in [-0.2, -0.15) is 0 Å². The monoisotopic (exact) mass is 263 g/mol. The first-order chi connectivity index (χ1) is 7.49. The Kier molecular flexibility index (Phi) is 4.23. The molecule has 0 aliphatic carbocycles. The zero-order valence-corrected chi connectivity index (χ0v) is 9.79. The first kappa shape index (κ1) is 12.9. The molecule has 1 aromatic carbocycles. The highest BCUT2D eigenvalue weighted by Gasteiger charge is 2.16. The fourth-order valence-electron chi connectivity index (χ4n) is 1.24. The van der Waals surface area contributed by atoms with E-state index in [4.69, 9.17) is 34.8 Å². The number of amides is 2. The van der Waals surface area contributed by atoms with Crippen LogP contribution in [0, 0.1) is 0 Å². The van der Waals surface area contributed by atoms with Crippen LogP contribution in [-0.2, 0) is 6.42 Å². The summed E-state index contributed by atoms with van der Waals surface area (Å²) in [6, 6.07) is 1.94. The van der Waals surface area contributed by atoms with Gasteiger partial charge in [-0.05, 0) is 18.6 Å². The van der Waals surface area contributed by atoms with Crippen molar-refractivity contribution in [3.63, 3.8) is 0 Å². The van der Waals surface area contributed by atoms with E-state index in [0.717, 1.165) is 0 Å². The summed E-state index contributed by atoms with van der Waals surface area (Å²) in [5, 5.41) is 10.4. The number of urea groups is 1. The number of nitrogens with two attached hydrogens (primary N) is 2. The topological polar surface area (TPSA) is 92.6 Å². The number of anilines is 1. The number of hydrazine groups is 1. The Hall–Kier alpha value is -1.17. The van der Waals surface area contributed by atoms with Crippen molar-refractivity contribution < 1.29 is 9.90 Å². The van der Waals surface area contributed by atoms with E-state index in [1.54, 1.807) is 0 Å². The fourth-order valence-corrected chi connectivity index (χ4v) is 1.77. The van der Waals surface area contributed by atoms with Crippen molar-refractivity contribution >= 4 is 34.9 Å². The van der Waals surface area contributed by atoms with Crippen LogP contribution in [0.2, 0.25) is 5.02 Å². The number of aromatic hydroxyl groups is 1. The second-order valence-corrected chi connectivity index (χ2v) is 3.80. The second-order valence-electron chi connectivity index (χ2n) is 3.04. The van der Waals surface area contributed by atoms with E-state index in [9.17, 15) is 9.90 Å². The number of alkyl halides is 1. The molecule has 0 radical (unpaired) electrons. The minimum atomic E-state index is -0.843. The minimum Gasteiger partial charge on any atom is -0.508 e. The smallest absolute Gasteiger partial charge is 0.333 e. The zero-order valence-electron chi connectivity index (χ0n) is 8.28. The number of rotatable bonds is 3. The molecule has 5 nitrogen and oxygen atoms in total. The zero-order chi connectivity index (χ0) is 12.3. The van der Waals surface area contributed by atoms with E-state index in [1.165, 1.54) is 12.1 Å². The van der Waals surface area contributed by atoms with Gasteiger partial charge in [0.05, 0.1) is 10.7 Å². The number of halogens is 2. The van der Waals surface area contributed by atoms with E-state index in [1.807, 2.05) is 0 Å². The van der Waals surface area contributed by atoms with Crippen LogP contribution in [0.15, 0.2) is 12.1 Å². The number of carbonyl (C=O) groups is 1. The summed E-state index contributed by atoms with van der Waals surface area (Å²) in [4.78, 5) is 10.9. The summed E-state index contributed by atoms with van der Waals surface area (Å²) in [5.41, 5.74) is 5.68. The van der Waals surface area contributed by atoms with Gasteiger partial charge in [-0.25, -0.2) is 15.6 Å². The third-order valence-electron chi connectivity index (χ3n) is 2.04. The van der Waals surface area contributed by atoms with Crippen LogP contribution in [0.3, 0.4) is 0 Å². The first-order valence-electron chi connectivity index (χ1n) is 4.39. The predicted octanol–water partition coefficient (Wildman–Crippen LogP) is 1.59. The normalized spacial score (nSPS) is 10.2. The molecular weight excluding hydrogens is 253 g/mol. The van der Waals surface area contributed by atoms with E-state index in [-0.39, 0.29) is 22.3 Å². The fraction of sp³-hybridized carbons (Fsp3) is 0.222. The number of carbonyl (C=O) groups excluding carboxylic acids is 1. The summed E-state index contributed by atoms with van der Waals surface area (Å²) < 4.78 is 0. The SMILES string of the molecule is NC(=O)N(N)c1ccc(O)c(CCCl)c1Cl. The lowest BCUT2D eigenvalue weighted by Gasteiger charge is -2.17. The van der Waals surface area contributed by atoms with Crippen molar-refractivity contribution in [1.82, 2.24) is 0 Å². The van der Waals surface area contributed by atoms with Crippen LogP contribution in [-0.4, -0.2) is 17.0 Å². The summed E-state index contributed by atoms with van der Waals surface area (Å²) in [6.45, 7) is 0. The van der Waals surface area contributed by atoms with Gasteiger partial charge in [-0.3, -0.25) is 0 Å². The number of benzene rings is 1. The lowest BCUT2D eigenvalue weighted by Crippen LogP contribution is -2.41. The molecule has 0 aliphatic rings. The van der Waals surface area contributed by atoms with Crippen molar-refractivity contribution in [2.24, 2.45) is 11.6 Å². The third kappa shape index (κ3) is 2.49. The van der Waals surface area contributed by atoms with Gasteiger partial charge in [0.1, 0.15) is 5.75 Å². The highest BCUT2D eigenvalue weighted by Crippen LogP contribution is 2.34. The molecule has 0 atom stereocenters. The number of phenolic OH excluding ortho intramolecular Hbond substituents is 1. The minimum absolute atomic E-state index is 0.00673. The van der Waals surface area contributed by atoms with Gasteiger partial charge in [0, 0.05) is 11.4 Å². The Labute approximate surface area is 102 Å². The highest BCUT2D eigenvalue weighted by molar-refractivity contribution is 6.34. The molecule has 16 heavy (non-hydrogen) atoms. The second kappa shape index (κ2) is 5.25. The molecule has 0 aliphatic heterocycles. The van der Waals surface area contributed by atoms with Crippen LogP contribution in [0.4, 0.5) is 10.5 Å². The lowest BCUT2D eigenvalue weighted by atomic mass is 10.1. The molecular formula is C9H11Cl2N3O2. The third-order valence-corrected chi connectivity index (χ3v) is 2.65. The van der Waals surface area contributed by atoms with Gasteiger partial charge in [-0.15, -0.1) is 11.6 Å². The van der Waals surface area contributed by atoms with Gasteiger partial charge in [0.2, 0.25) is 0 Å². The van der Waals surface area contributed by atoms with Gasteiger partial charge in [0.25, 0.3) is 0 Å². The van der Waals surface area contributed by atoms with Crippen molar-refractivity contribution in [2.45, 2.75) is 6.42 Å². The molecule has 0 spiro atoms. The van der Waals surface area contributed by atoms with Crippen LogP contribution in [0.1, 0.15) is 5.56 Å². The Morgan fingerprint density at radius 2 is 2.12 bits per heavy atom. The molecule has 0 unspecified atom stereocenters. The molecule has 0 saturated carbocycles. The van der Waals surface area contributed by atoms with Crippen molar-refractivity contribution in [3.8, 4) is 5.75 Å². The molecule has 0 fully saturated rings. The molecule has 0 bridgehead atoms. The Morgan fingerprint density at radius 1 is 1.50 bits per heavy atom. The standard InChI is InChI=1S/C9H11Cl2N3O2/c10-4-3-5-7(15)2-1-6(8(5)11)14(13)9(12)16/h1-2,15H,3-4,13H2,(H2,12,16). The number of nitrogens with zero attached hydrogens (tertiary/aromatic N) is 1. The summed E-state index contributed by atoms with van der Waals surface area (Å²) in [7, 11) is 0. The Bertz CT molecular complexity index is 412. The molecule has 0 aromatic heterocycles. The predicted molar refractivity (Wildman–Crippen MR) is 63.8 cm³/mol. The summed E-state index contributed by atoms with van der Waals surface area (Å²) in [6.07, 6.45) is 0.368. The number of phenols is 1. The first-order valence-corrected chi connectivity index (χ1v) is 5.30. The largest absolute Gasteiger partial charge is 0.508 e. The lowest BCUT2D eigenvalue weighted by molar-refractivity contribution is 0.254. The Balaban J connectivity index is 3.22. The van der Waals surface area contributed by atoms with Crippen LogP contribution in [0.5, 0.6) is 5.75 Å². The highest BCUT2D eigenvalue weighted by atomic mass is 35.5. The van der Waals surface area contributed by atoms with Gasteiger partial charge in [0.15, 0.2) is 0 Å². The van der Waals surface area contributed by atoms with Gasteiger partial charge in [-0.1, -0.05) is 11.6 Å². The molecule has 2 amide bonds. The number of hydrogen-bond donors (Lipinski definition) is 3. The molecule has 0 saturated heterocycles. The summed E-state index contributed by atoms with van der Waals surface area (Å²) in [5.74, 6) is 5.71. The van der Waals surface area contributed by atoms with Crippen LogP contribution >= 0.6 is 23.2 Å². The van der Waals surface area contributed by atoms with Crippen molar-refractivity contribution in [2.75, 3.05) is 10.9 Å². The number of primary amides is 1. The maximum Gasteiger partial charge on any atom is 0.333 e. The van der Waals surface area contributed by atoms with E-state index in [0.29, 0.717) is 17.0 Å². The van der Waals surface area contributed by atoms with E-state index < -0.39 is 6.03 Å². The molecule has 5 N–H and O–H groups in total. The van der Waals surface area contributed by atoms with Gasteiger partial charge < -0.3 is 10.8 Å². The number of hydrogen-bond acceptors (Lipinski definition) is 3. The summed E-state index contributed by atoms with van der Waals surface area (Å²) >= 11 is 11.6. The van der Waals surface area contributed by atoms with E-state index in [2.05, 4.69) is 0 Å². The van der Waals surface area contributed by atoms with Crippen LogP contribution < -0.4 is 16.6 Å². The molecule has 0 heterocycles. The maximum absolute atomic E-state index is 10.9. The van der Waals surface area contributed by atoms with E-state index >= 15 is 0 Å². The molecule has 7 heteroatoms. The van der Waals surface area contributed by atoms with Crippen molar-refractivity contribution in [1.29, 1.82) is 0 Å². The van der Waals surface area contributed by atoms with Crippen LogP contribution in [0.25, 0.3) is 0 Å². The quantitative estimate of drug-likeness (QED) is 0.335. The average molecular weight is 264 g/mol. The Morgan fingerprint density at radius 3 is 2.62 bits per heavy atom. The maximum atomic E-state index is 10.9. The molecule has 1 aromatic rings. The van der Waals surface area contributed by atoms with Gasteiger partial charge >= 0.3 is 6.03 Å².